The number of furan rings is 1. The second-order valence-corrected chi connectivity index (χ2v) is 4.37. The van der Waals surface area contributed by atoms with E-state index in [0.29, 0.717) is 0 Å². The standard InChI is InChI=1S/C13H23NO2/c1-3-13(4-2,11-15)10-14-8-7-12-6-5-9-16-12/h5-6,9,14-15H,3-4,7-8,10-11H2,1-2H3. The molecule has 0 radical (unpaired) electrons. The topological polar surface area (TPSA) is 45.4 Å². The van der Waals surface area contributed by atoms with E-state index in [1.807, 2.05) is 12.1 Å². The lowest BCUT2D eigenvalue weighted by Gasteiger charge is -2.29. The van der Waals surface area contributed by atoms with Crippen molar-refractivity contribution >= 4 is 0 Å². The van der Waals surface area contributed by atoms with Crippen molar-refractivity contribution in [1.82, 2.24) is 5.32 Å². The lowest BCUT2D eigenvalue weighted by molar-refractivity contribution is 0.113. The molecule has 0 aliphatic rings. The van der Waals surface area contributed by atoms with Crippen LogP contribution in [0.5, 0.6) is 0 Å². The van der Waals surface area contributed by atoms with E-state index in [2.05, 4.69) is 19.2 Å². The summed E-state index contributed by atoms with van der Waals surface area (Å²) in [5.74, 6) is 1.01. The first kappa shape index (κ1) is 13.3. The van der Waals surface area contributed by atoms with Gasteiger partial charge >= 0.3 is 0 Å². The van der Waals surface area contributed by atoms with Crippen molar-refractivity contribution < 1.29 is 9.52 Å². The number of aliphatic hydroxyl groups is 1. The minimum absolute atomic E-state index is 0.0448. The number of hydrogen-bond acceptors (Lipinski definition) is 3. The van der Waals surface area contributed by atoms with Crippen molar-refractivity contribution in [3.8, 4) is 0 Å². The zero-order chi connectivity index (χ0) is 11.9. The van der Waals surface area contributed by atoms with Crippen LogP contribution >= 0.6 is 0 Å². The summed E-state index contributed by atoms with van der Waals surface area (Å²) in [6.07, 6.45) is 4.62. The maximum atomic E-state index is 9.40. The second kappa shape index (κ2) is 6.71. The van der Waals surface area contributed by atoms with Crippen molar-refractivity contribution in [2.75, 3.05) is 19.7 Å². The Kier molecular flexibility index (Phi) is 5.56. The predicted octanol–water partition coefficient (Wildman–Crippen LogP) is 2.21. The Morgan fingerprint density at radius 1 is 1.38 bits per heavy atom. The quantitative estimate of drug-likeness (QED) is 0.667. The third-order valence-electron chi connectivity index (χ3n) is 3.46. The van der Waals surface area contributed by atoms with E-state index in [-0.39, 0.29) is 12.0 Å². The molecule has 0 amide bonds. The Labute approximate surface area is 97.9 Å². The molecular formula is C13H23NO2. The van der Waals surface area contributed by atoms with E-state index in [0.717, 1.165) is 38.1 Å². The number of nitrogens with one attached hydrogen (secondary N) is 1. The molecule has 0 aliphatic heterocycles. The first-order chi connectivity index (χ1) is 7.76. The summed E-state index contributed by atoms with van der Waals surface area (Å²) in [5, 5.41) is 12.8. The van der Waals surface area contributed by atoms with Gasteiger partial charge in [-0.1, -0.05) is 13.8 Å². The van der Waals surface area contributed by atoms with Crippen molar-refractivity contribution in [2.24, 2.45) is 5.41 Å². The van der Waals surface area contributed by atoms with E-state index in [1.54, 1.807) is 6.26 Å². The summed E-state index contributed by atoms with van der Waals surface area (Å²) < 4.78 is 5.26. The Morgan fingerprint density at radius 3 is 2.62 bits per heavy atom. The van der Waals surface area contributed by atoms with E-state index in [4.69, 9.17) is 4.42 Å². The van der Waals surface area contributed by atoms with E-state index < -0.39 is 0 Å². The lowest BCUT2D eigenvalue weighted by atomic mass is 9.83. The molecule has 1 heterocycles. The highest BCUT2D eigenvalue weighted by atomic mass is 16.3. The third-order valence-corrected chi connectivity index (χ3v) is 3.46. The normalized spacial score (nSPS) is 11.9. The van der Waals surface area contributed by atoms with Crippen LogP contribution in [0.3, 0.4) is 0 Å². The van der Waals surface area contributed by atoms with Crippen molar-refractivity contribution in [3.05, 3.63) is 24.2 Å². The lowest BCUT2D eigenvalue weighted by Crippen LogP contribution is -2.37. The Balaban J connectivity index is 2.23. The number of rotatable bonds is 8. The molecule has 0 saturated carbocycles. The average molecular weight is 225 g/mol. The molecule has 0 saturated heterocycles. The molecule has 0 fully saturated rings. The van der Waals surface area contributed by atoms with Crippen LogP contribution in [0.2, 0.25) is 0 Å². The fraction of sp³-hybridized carbons (Fsp3) is 0.692. The van der Waals surface area contributed by atoms with Crippen LogP contribution in [0.1, 0.15) is 32.4 Å². The summed E-state index contributed by atoms with van der Waals surface area (Å²) in [6.45, 7) is 6.29. The molecule has 1 aromatic rings. The van der Waals surface area contributed by atoms with Gasteiger partial charge in [-0.2, -0.15) is 0 Å². The molecule has 1 aromatic heterocycles. The smallest absolute Gasteiger partial charge is 0.105 e. The third kappa shape index (κ3) is 3.65. The van der Waals surface area contributed by atoms with Crippen LogP contribution in [0.25, 0.3) is 0 Å². The molecule has 3 heteroatoms. The highest BCUT2D eigenvalue weighted by molar-refractivity contribution is 4.98. The molecule has 0 spiro atoms. The first-order valence-electron chi connectivity index (χ1n) is 6.10. The Morgan fingerprint density at radius 2 is 2.12 bits per heavy atom. The molecule has 92 valence electrons. The van der Waals surface area contributed by atoms with Gasteiger partial charge in [0.2, 0.25) is 0 Å². The van der Waals surface area contributed by atoms with Gasteiger partial charge in [0.1, 0.15) is 5.76 Å². The minimum atomic E-state index is 0.0448. The molecule has 0 unspecified atom stereocenters. The largest absolute Gasteiger partial charge is 0.469 e. The minimum Gasteiger partial charge on any atom is -0.469 e. The van der Waals surface area contributed by atoms with Gasteiger partial charge in [-0.3, -0.25) is 0 Å². The highest BCUT2D eigenvalue weighted by Crippen LogP contribution is 2.24. The molecule has 16 heavy (non-hydrogen) atoms. The van der Waals surface area contributed by atoms with Crippen LogP contribution in [-0.4, -0.2) is 24.8 Å². The summed E-state index contributed by atoms with van der Waals surface area (Å²) in [6, 6.07) is 3.89. The van der Waals surface area contributed by atoms with E-state index in [9.17, 15) is 5.11 Å². The summed E-state index contributed by atoms with van der Waals surface area (Å²) in [7, 11) is 0. The molecule has 0 atom stereocenters. The summed E-state index contributed by atoms with van der Waals surface area (Å²) in [5.41, 5.74) is 0.0448. The van der Waals surface area contributed by atoms with Gasteiger partial charge in [0.15, 0.2) is 0 Å². The first-order valence-corrected chi connectivity index (χ1v) is 6.10. The van der Waals surface area contributed by atoms with Crippen molar-refractivity contribution in [1.29, 1.82) is 0 Å². The molecule has 0 bridgehead atoms. The molecule has 1 rings (SSSR count). The summed E-state index contributed by atoms with van der Waals surface area (Å²) >= 11 is 0. The molecule has 2 N–H and O–H groups in total. The van der Waals surface area contributed by atoms with Gasteiger partial charge in [0.25, 0.3) is 0 Å². The Hall–Kier alpha value is -0.800. The van der Waals surface area contributed by atoms with E-state index >= 15 is 0 Å². The maximum absolute atomic E-state index is 9.40. The van der Waals surface area contributed by atoms with Gasteiger partial charge in [-0.05, 0) is 25.0 Å². The summed E-state index contributed by atoms with van der Waals surface area (Å²) in [4.78, 5) is 0. The van der Waals surface area contributed by atoms with Crippen LogP contribution in [0.15, 0.2) is 22.8 Å². The molecule has 0 aliphatic carbocycles. The van der Waals surface area contributed by atoms with Gasteiger partial charge in [-0.25, -0.2) is 0 Å². The monoisotopic (exact) mass is 225 g/mol. The van der Waals surface area contributed by atoms with Crippen LogP contribution < -0.4 is 5.32 Å². The molecule has 3 nitrogen and oxygen atoms in total. The SMILES string of the molecule is CCC(CC)(CO)CNCCc1ccco1. The fourth-order valence-corrected chi connectivity index (χ4v) is 1.80. The molecular weight excluding hydrogens is 202 g/mol. The fourth-order valence-electron chi connectivity index (χ4n) is 1.80. The zero-order valence-electron chi connectivity index (χ0n) is 10.3. The number of aliphatic hydroxyl groups excluding tert-OH is 1. The van der Waals surface area contributed by atoms with Crippen molar-refractivity contribution in [2.45, 2.75) is 33.1 Å². The highest BCUT2D eigenvalue weighted by Gasteiger charge is 2.24. The van der Waals surface area contributed by atoms with Crippen molar-refractivity contribution in [3.63, 3.8) is 0 Å². The van der Waals surface area contributed by atoms with E-state index in [1.165, 1.54) is 0 Å². The maximum Gasteiger partial charge on any atom is 0.105 e. The van der Waals surface area contributed by atoms with Crippen LogP contribution in [0.4, 0.5) is 0 Å². The average Bonchev–Trinajstić information content (AvgIpc) is 2.83. The van der Waals surface area contributed by atoms with Gasteiger partial charge < -0.3 is 14.8 Å². The van der Waals surface area contributed by atoms with Crippen LogP contribution in [-0.2, 0) is 6.42 Å². The van der Waals surface area contributed by atoms with Gasteiger partial charge in [0, 0.05) is 31.5 Å². The Bertz CT molecular complexity index is 257. The number of hydrogen-bond donors (Lipinski definition) is 2. The predicted molar refractivity (Wildman–Crippen MR) is 65.4 cm³/mol. The van der Waals surface area contributed by atoms with Crippen LogP contribution in [0, 0.1) is 5.41 Å². The zero-order valence-corrected chi connectivity index (χ0v) is 10.3. The second-order valence-electron chi connectivity index (χ2n) is 4.37. The van der Waals surface area contributed by atoms with Gasteiger partial charge in [-0.15, -0.1) is 0 Å². The van der Waals surface area contributed by atoms with Gasteiger partial charge in [0.05, 0.1) is 6.26 Å². The molecule has 0 aromatic carbocycles.